The van der Waals surface area contributed by atoms with Gasteiger partial charge in [-0.1, -0.05) is 37.6 Å². The first-order chi connectivity index (χ1) is 9.56. The van der Waals surface area contributed by atoms with Crippen LogP contribution in [0.5, 0.6) is 0 Å². The zero-order chi connectivity index (χ0) is 14.5. The predicted molar refractivity (Wildman–Crippen MR) is 84.1 cm³/mol. The average molecular weight is 295 g/mol. The normalized spacial score (nSPS) is 16.5. The fraction of sp³-hybridized carbons (Fsp3) is 0.562. The Labute approximate surface area is 126 Å². The Morgan fingerprint density at radius 2 is 2.00 bits per heavy atom. The molecule has 1 aliphatic rings. The number of carbonyl (C=O) groups is 1. The Morgan fingerprint density at radius 1 is 1.35 bits per heavy atom. The highest BCUT2D eigenvalue weighted by atomic mass is 35.5. The van der Waals surface area contributed by atoms with Crippen molar-refractivity contribution < 1.29 is 4.79 Å². The van der Waals surface area contributed by atoms with E-state index in [9.17, 15) is 4.79 Å². The van der Waals surface area contributed by atoms with Crippen LogP contribution in [0.15, 0.2) is 24.3 Å². The van der Waals surface area contributed by atoms with Crippen molar-refractivity contribution in [2.45, 2.75) is 39.2 Å². The molecule has 110 valence electrons. The molecule has 1 aromatic rings. The monoisotopic (exact) mass is 294 g/mol. The van der Waals surface area contributed by atoms with Crippen LogP contribution in [-0.4, -0.2) is 29.9 Å². The van der Waals surface area contributed by atoms with Crippen molar-refractivity contribution in [2.24, 2.45) is 5.92 Å². The zero-order valence-electron chi connectivity index (χ0n) is 12.2. The lowest BCUT2D eigenvalue weighted by molar-refractivity contribution is -0.132. The van der Waals surface area contributed by atoms with Gasteiger partial charge in [-0.2, -0.15) is 0 Å². The van der Waals surface area contributed by atoms with E-state index in [0.29, 0.717) is 18.4 Å². The number of rotatable bonds is 4. The Bertz CT molecular complexity index is 454. The summed E-state index contributed by atoms with van der Waals surface area (Å²) in [6.07, 6.45) is 2.62. The molecule has 0 atom stereocenters. The second kappa shape index (κ2) is 6.98. The summed E-state index contributed by atoms with van der Waals surface area (Å²) in [6.45, 7) is 5.86. The number of hydrogen-bond donors (Lipinski definition) is 1. The van der Waals surface area contributed by atoms with Crippen LogP contribution in [0, 0.1) is 5.92 Å². The molecule has 0 bridgehead atoms. The first-order valence-electron chi connectivity index (χ1n) is 7.35. The molecule has 4 heteroatoms. The van der Waals surface area contributed by atoms with Crippen molar-refractivity contribution in [3.63, 3.8) is 0 Å². The molecule has 0 aromatic heterocycles. The lowest BCUT2D eigenvalue weighted by Crippen LogP contribution is -2.42. The van der Waals surface area contributed by atoms with Crippen molar-refractivity contribution in [3.8, 4) is 0 Å². The fourth-order valence-corrected chi connectivity index (χ4v) is 2.74. The maximum absolute atomic E-state index is 12.0. The standard InChI is InChI=1S/C16H23ClN2O/c1-12(2)11-16(20)19-9-7-13(8-10-19)18-15-6-4-3-5-14(15)17/h3-6,12-13,18H,7-11H2,1-2H3. The van der Waals surface area contributed by atoms with Gasteiger partial charge in [-0.15, -0.1) is 0 Å². The number of halogens is 1. The van der Waals surface area contributed by atoms with Crippen LogP contribution in [-0.2, 0) is 4.79 Å². The number of anilines is 1. The van der Waals surface area contributed by atoms with Crippen LogP contribution in [0.3, 0.4) is 0 Å². The molecular weight excluding hydrogens is 272 g/mol. The van der Waals surface area contributed by atoms with Crippen molar-refractivity contribution in [3.05, 3.63) is 29.3 Å². The van der Waals surface area contributed by atoms with Gasteiger partial charge < -0.3 is 10.2 Å². The van der Waals surface area contributed by atoms with E-state index >= 15 is 0 Å². The Kier molecular flexibility index (Phi) is 5.30. The number of likely N-dealkylation sites (tertiary alicyclic amines) is 1. The van der Waals surface area contributed by atoms with Crippen molar-refractivity contribution in [1.29, 1.82) is 0 Å². The average Bonchev–Trinajstić information content (AvgIpc) is 2.41. The van der Waals surface area contributed by atoms with Gasteiger partial charge in [0.25, 0.3) is 0 Å². The Morgan fingerprint density at radius 3 is 2.60 bits per heavy atom. The molecule has 1 amide bonds. The zero-order valence-corrected chi connectivity index (χ0v) is 13.0. The quantitative estimate of drug-likeness (QED) is 0.916. The van der Waals surface area contributed by atoms with E-state index in [1.54, 1.807) is 0 Å². The molecule has 2 rings (SSSR count). The molecule has 0 unspecified atom stereocenters. The lowest BCUT2D eigenvalue weighted by Gasteiger charge is -2.33. The van der Waals surface area contributed by atoms with E-state index < -0.39 is 0 Å². The maximum Gasteiger partial charge on any atom is 0.222 e. The first kappa shape index (κ1) is 15.2. The summed E-state index contributed by atoms with van der Waals surface area (Å²) in [5, 5.41) is 4.23. The van der Waals surface area contributed by atoms with Crippen LogP contribution < -0.4 is 5.32 Å². The van der Waals surface area contributed by atoms with Crippen molar-refractivity contribution >= 4 is 23.2 Å². The highest BCUT2D eigenvalue weighted by Crippen LogP contribution is 2.24. The third-order valence-corrected chi connectivity index (χ3v) is 3.99. The molecule has 0 aliphatic carbocycles. The van der Waals surface area contributed by atoms with Gasteiger partial charge in [0, 0.05) is 25.6 Å². The van der Waals surface area contributed by atoms with Crippen molar-refractivity contribution in [2.75, 3.05) is 18.4 Å². The number of carbonyl (C=O) groups excluding carboxylic acids is 1. The van der Waals surface area contributed by atoms with Crippen LogP contribution in [0.2, 0.25) is 5.02 Å². The minimum absolute atomic E-state index is 0.288. The van der Waals surface area contributed by atoms with Gasteiger partial charge in [-0.25, -0.2) is 0 Å². The summed E-state index contributed by atoms with van der Waals surface area (Å²) in [4.78, 5) is 14.0. The lowest BCUT2D eigenvalue weighted by atomic mass is 10.0. The third kappa shape index (κ3) is 4.14. The number of amides is 1. The number of piperidine rings is 1. The summed E-state index contributed by atoms with van der Waals surface area (Å²) in [5.74, 6) is 0.720. The summed E-state index contributed by atoms with van der Waals surface area (Å²) in [7, 11) is 0. The fourth-order valence-electron chi connectivity index (χ4n) is 2.55. The minimum atomic E-state index is 0.288. The molecule has 20 heavy (non-hydrogen) atoms. The molecule has 1 N–H and O–H groups in total. The van der Waals surface area contributed by atoms with E-state index in [0.717, 1.165) is 36.6 Å². The summed E-state index contributed by atoms with van der Waals surface area (Å²) in [6, 6.07) is 8.21. The topological polar surface area (TPSA) is 32.3 Å². The van der Waals surface area contributed by atoms with Crippen LogP contribution in [0.25, 0.3) is 0 Å². The molecule has 1 fully saturated rings. The van der Waals surface area contributed by atoms with E-state index in [1.165, 1.54) is 0 Å². The molecule has 1 aliphatic heterocycles. The Hall–Kier alpha value is -1.22. The molecule has 0 saturated carbocycles. The van der Waals surface area contributed by atoms with Crippen LogP contribution in [0.4, 0.5) is 5.69 Å². The van der Waals surface area contributed by atoms with E-state index in [1.807, 2.05) is 29.2 Å². The van der Waals surface area contributed by atoms with Gasteiger partial charge in [0.2, 0.25) is 5.91 Å². The predicted octanol–water partition coefficient (Wildman–Crippen LogP) is 3.79. The molecule has 0 radical (unpaired) electrons. The summed E-state index contributed by atoms with van der Waals surface area (Å²) in [5.41, 5.74) is 0.987. The summed E-state index contributed by atoms with van der Waals surface area (Å²) >= 11 is 6.15. The summed E-state index contributed by atoms with van der Waals surface area (Å²) < 4.78 is 0. The number of nitrogens with one attached hydrogen (secondary N) is 1. The van der Waals surface area contributed by atoms with Gasteiger partial charge in [0.15, 0.2) is 0 Å². The van der Waals surface area contributed by atoms with Gasteiger partial charge >= 0.3 is 0 Å². The van der Waals surface area contributed by atoms with Crippen LogP contribution in [0.1, 0.15) is 33.1 Å². The first-order valence-corrected chi connectivity index (χ1v) is 7.73. The molecule has 1 saturated heterocycles. The molecular formula is C16H23ClN2O. The largest absolute Gasteiger partial charge is 0.381 e. The van der Waals surface area contributed by atoms with E-state index in [-0.39, 0.29) is 5.91 Å². The molecule has 3 nitrogen and oxygen atoms in total. The van der Waals surface area contributed by atoms with E-state index in [4.69, 9.17) is 11.6 Å². The number of para-hydroxylation sites is 1. The minimum Gasteiger partial charge on any atom is -0.381 e. The number of benzene rings is 1. The highest BCUT2D eigenvalue weighted by molar-refractivity contribution is 6.33. The van der Waals surface area contributed by atoms with Crippen molar-refractivity contribution in [1.82, 2.24) is 4.90 Å². The van der Waals surface area contributed by atoms with Gasteiger partial charge in [0.05, 0.1) is 10.7 Å². The van der Waals surface area contributed by atoms with Gasteiger partial charge in [0.1, 0.15) is 0 Å². The van der Waals surface area contributed by atoms with Crippen LogP contribution >= 0.6 is 11.6 Å². The second-order valence-electron chi connectivity index (χ2n) is 5.88. The Balaban J connectivity index is 1.83. The number of nitrogens with zero attached hydrogens (tertiary/aromatic N) is 1. The number of hydrogen-bond acceptors (Lipinski definition) is 2. The van der Waals surface area contributed by atoms with Gasteiger partial charge in [-0.3, -0.25) is 4.79 Å². The molecule has 1 aromatic carbocycles. The molecule has 0 spiro atoms. The second-order valence-corrected chi connectivity index (χ2v) is 6.28. The maximum atomic E-state index is 12.0. The molecule has 1 heterocycles. The third-order valence-electron chi connectivity index (χ3n) is 3.66. The smallest absolute Gasteiger partial charge is 0.222 e. The highest BCUT2D eigenvalue weighted by Gasteiger charge is 2.23. The van der Waals surface area contributed by atoms with Gasteiger partial charge in [-0.05, 0) is 30.9 Å². The van der Waals surface area contributed by atoms with E-state index in [2.05, 4.69) is 19.2 Å². The SMILES string of the molecule is CC(C)CC(=O)N1CCC(Nc2ccccc2Cl)CC1.